The third-order valence-electron chi connectivity index (χ3n) is 5.16. The Kier molecular flexibility index (Phi) is 6.41. The number of nitrogens with zero attached hydrogens (tertiary/aromatic N) is 3. The molecule has 0 saturated carbocycles. The van der Waals surface area contributed by atoms with Crippen LogP contribution in [0.3, 0.4) is 0 Å². The minimum Gasteiger partial charge on any atom is -0.396 e. The first-order valence-corrected chi connectivity index (χ1v) is 8.49. The summed E-state index contributed by atoms with van der Waals surface area (Å²) < 4.78 is 0. The molecule has 0 radical (unpaired) electrons. The lowest BCUT2D eigenvalue weighted by Gasteiger charge is -2.41. The van der Waals surface area contributed by atoms with Gasteiger partial charge in [-0.25, -0.2) is 0 Å². The summed E-state index contributed by atoms with van der Waals surface area (Å²) in [5.74, 6) is 0.237. The summed E-state index contributed by atoms with van der Waals surface area (Å²) in [5, 5.41) is 9.73. The molecular weight excluding hydrogens is 278 g/mol. The minimum atomic E-state index is -0.163. The summed E-state index contributed by atoms with van der Waals surface area (Å²) in [4.78, 5) is 19.2. The van der Waals surface area contributed by atoms with Crippen molar-refractivity contribution in [2.75, 3.05) is 59.5 Å². The zero-order chi connectivity index (χ0) is 16.0. The van der Waals surface area contributed by atoms with Crippen LogP contribution in [0.4, 0.5) is 0 Å². The van der Waals surface area contributed by atoms with E-state index in [1.165, 1.54) is 0 Å². The van der Waals surface area contributed by atoms with E-state index in [1.807, 2.05) is 11.0 Å². The maximum atomic E-state index is 12.5. The molecule has 126 valence electrons. The fourth-order valence-corrected chi connectivity index (χ4v) is 3.57. The van der Waals surface area contributed by atoms with Crippen LogP contribution < -0.4 is 0 Å². The summed E-state index contributed by atoms with van der Waals surface area (Å²) in [5.41, 5.74) is -0.163. The summed E-state index contributed by atoms with van der Waals surface area (Å²) in [7, 11) is 2.14. The van der Waals surface area contributed by atoms with Crippen LogP contribution in [0.25, 0.3) is 0 Å². The molecular formula is C17H31N3O2. The predicted molar refractivity (Wildman–Crippen MR) is 88.7 cm³/mol. The standard InChI is InChI=1S/C17H31N3O2/c1-3-6-17(15-21)7-4-8-20(14-17)16(22)5-9-19-12-10-18(2)11-13-19/h3,21H,1,4-15H2,2H3. The van der Waals surface area contributed by atoms with Crippen molar-refractivity contribution >= 4 is 5.91 Å². The average Bonchev–Trinajstić information content (AvgIpc) is 2.54. The van der Waals surface area contributed by atoms with Gasteiger partial charge in [0.25, 0.3) is 0 Å². The molecule has 2 rings (SSSR count). The van der Waals surface area contributed by atoms with E-state index in [2.05, 4.69) is 23.4 Å². The van der Waals surface area contributed by atoms with Crippen molar-refractivity contribution in [3.63, 3.8) is 0 Å². The number of aliphatic hydroxyl groups excluding tert-OH is 1. The second-order valence-electron chi connectivity index (χ2n) is 6.96. The van der Waals surface area contributed by atoms with E-state index in [-0.39, 0.29) is 17.9 Å². The van der Waals surface area contributed by atoms with Crippen molar-refractivity contribution in [2.45, 2.75) is 25.7 Å². The molecule has 0 bridgehead atoms. The number of aliphatic hydroxyl groups is 1. The van der Waals surface area contributed by atoms with E-state index in [0.717, 1.165) is 58.5 Å². The first-order valence-electron chi connectivity index (χ1n) is 8.49. The summed E-state index contributed by atoms with van der Waals surface area (Å²) in [6, 6.07) is 0. The molecule has 1 atom stereocenters. The molecule has 1 N–H and O–H groups in total. The van der Waals surface area contributed by atoms with Gasteiger partial charge in [-0.15, -0.1) is 6.58 Å². The van der Waals surface area contributed by atoms with E-state index in [9.17, 15) is 9.90 Å². The molecule has 0 aromatic rings. The fraction of sp³-hybridized carbons (Fsp3) is 0.824. The molecule has 1 unspecified atom stereocenters. The van der Waals surface area contributed by atoms with Gasteiger partial charge in [-0.3, -0.25) is 4.79 Å². The number of likely N-dealkylation sites (N-methyl/N-ethyl adjacent to an activating group) is 1. The van der Waals surface area contributed by atoms with E-state index >= 15 is 0 Å². The largest absolute Gasteiger partial charge is 0.396 e. The summed E-state index contributed by atoms with van der Waals surface area (Å²) >= 11 is 0. The van der Waals surface area contributed by atoms with Gasteiger partial charge in [-0.05, 0) is 26.3 Å². The zero-order valence-electron chi connectivity index (χ0n) is 14.0. The van der Waals surface area contributed by atoms with Gasteiger partial charge in [0.1, 0.15) is 0 Å². The highest BCUT2D eigenvalue weighted by molar-refractivity contribution is 5.76. The number of allylic oxidation sites excluding steroid dienone is 1. The normalized spacial score (nSPS) is 27.8. The third-order valence-corrected chi connectivity index (χ3v) is 5.16. The number of carbonyl (C=O) groups excluding carboxylic acids is 1. The number of hydrogen-bond acceptors (Lipinski definition) is 4. The Bertz CT molecular complexity index is 380. The Labute approximate surface area is 134 Å². The molecule has 5 heteroatoms. The zero-order valence-corrected chi connectivity index (χ0v) is 14.0. The highest BCUT2D eigenvalue weighted by Gasteiger charge is 2.35. The van der Waals surface area contributed by atoms with Gasteiger partial charge < -0.3 is 19.8 Å². The van der Waals surface area contributed by atoms with Crippen molar-refractivity contribution in [2.24, 2.45) is 5.41 Å². The quantitative estimate of drug-likeness (QED) is 0.737. The first-order chi connectivity index (χ1) is 10.6. The Morgan fingerprint density at radius 2 is 2.00 bits per heavy atom. The molecule has 0 aromatic heterocycles. The summed E-state index contributed by atoms with van der Waals surface area (Å²) in [6.07, 6.45) is 5.21. The van der Waals surface area contributed by atoms with Gasteiger partial charge >= 0.3 is 0 Å². The molecule has 5 nitrogen and oxygen atoms in total. The molecule has 1 amide bonds. The molecule has 0 aromatic carbocycles. The molecule has 2 fully saturated rings. The van der Waals surface area contributed by atoms with Crippen LogP contribution in [0.5, 0.6) is 0 Å². The van der Waals surface area contributed by atoms with Crippen LogP contribution in [-0.2, 0) is 4.79 Å². The van der Waals surface area contributed by atoms with E-state index in [4.69, 9.17) is 0 Å². The smallest absolute Gasteiger partial charge is 0.223 e. The molecule has 2 aliphatic rings. The number of carbonyl (C=O) groups is 1. The maximum absolute atomic E-state index is 12.5. The predicted octanol–water partition coefficient (Wildman–Crippen LogP) is 0.801. The van der Waals surface area contributed by atoms with Crippen molar-refractivity contribution in [1.82, 2.24) is 14.7 Å². The second kappa shape index (κ2) is 8.09. The Hall–Kier alpha value is -0.910. The van der Waals surface area contributed by atoms with Crippen molar-refractivity contribution in [1.29, 1.82) is 0 Å². The van der Waals surface area contributed by atoms with Gasteiger partial charge in [-0.1, -0.05) is 6.08 Å². The SMILES string of the molecule is C=CCC1(CO)CCCN(C(=O)CCN2CCN(C)CC2)C1. The second-order valence-corrected chi connectivity index (χ2v) is 6.96. The molecule has 2 saturated heterocycles. The summed E-state index contributed by atoms with van der Waals surface area (Å²) in [6.45, 7) is 10.6. The molecule has 22 heavy (non-hydrogen) atoms. The Morgan fingerprint density at radius 3 is 2.64 bits per heavy atom. The van der Waals surface area contributed by atoms with Crippen LogP contribution >= 0.6 is 0 Å². The van der Waals surface area contributed by atoms with Crippen LogP contribution in [0.15, 0.2) is 12.7 Å². The molecule has 0 aliphatic carbocycles. The van der Waals surface area contributed by atoms with Crippen molar-refractivity contribution in [3.05, 3.63) is 12.7 Å². The van der Waals surface area contributed by atoms with Crippen molar-refractivity contribution < 1.29 is 9.90 Å². The fourth-order valence-electron chi connectivity index (χ4n) is 3.57. The first kappa shape index (κ1) is 17.4. The van der Waals surface area contributed by atoms with E-state index < -0.39 is 0 Å². The number of piperazine rings is 1. The monoisotopic (exact) mass is 309 g/mol. The van der Waals surface area contributed by atoms with E-state index in [1.54, 1.807) is 0 Å². The highest BCUT2D eigenvalue weighted by atomic mass is 16.3. The van der Waals surface area contributed by atoms with Crippen molar-refractivity contribution in [3.8, 4) is 0 Å². The number of likely N-dealkylation sites (tertiary alicyclic amines) is 1. The molecule has 2 heterocycles. The van der Waals surface area contributed by atoms with Gasteiger partial charge in [0, 0.05) is 57.6 Å². The molecule has 0 spiro atoms. The lowest BCUT2D eigenvalue weighted by atomic mass is 9.78. The van der Waals surface area contributed by atoms with Gasteiger partial charge in [0.2, 0.25) is 5.91 Å². The Morgan fingerprint density at radius 1 is 1.27 bits per heavy atom. The lowest BCUT2D eigenvalue weighted by molar-refractivity contribution is -0.136. The van der Waals surface area contributed by atoms with Gasteiger partial charge in [0.15, 0.2) is 0 Å². The number of amides is 1. The van der Waals surface area contributed by atoms with Gasteiger partial charge in [0.05, 0.1) is 6.61 Å². The number of piperidine rings is 1. The average molecular weight is 309 g/mol. The number of rotatable bonds is 6. The van der Waals surface area contributed by atoms with Gasteiger partial charge in [-0.2, -0.15) is 0 Å². The van der Waals surface area contributed by atoms with E-state index in [0.29, 0.717) is 13.0 Å². The number of hydrogen-bond donors (Lipinski definition) is 1. The topological polar surface area (TPSA) is 47.0 Å². The maximum Gasteiger partial charge on any atom is 0.223 e. The van der Waals surface area contributed by atoms with Crippen LogP contribution in [-0.4, -0.2) is 85.2 Å². The molecule has 2 aliphatic heterocycles. The van der Waals surface area contributed by atoms with Crippen LogP contribution in [0.2, 0.25) is 0 Å². The van der Waals surface area contributed by atoms with Crippen LogP contribution in [0, 0.1) is 5.41 Å². The third kappa shape index (κ3) is 4.54. The van der Waals surface area contributed by atoms with Crippen LogP contribution in [0.1, 0.15) is 25.7 Å². The lowest BCUT2D eigenvalue weighted by Crippen LogP contribution is -2.49. The Balaban J connectivity index is 1.80. The minimum absolute atomic E-state index is 0.140. The highest BCUT2D eigenvalue weighted by Crippen LogP contribution is 2.33.